The molecule has 0 aliphatic heterocycles. The predicted octanol–water partition coefficient (Wildman–Crippen LogP) is 4.43. The number of halogens is 1. The van der Waals surface area contributed by atoms with E-state index >= 15 is 0 Å². The Bertz CT molecular complexity index is 884. The van der Waals surface area contributed by atoms with Gasteiger partial charge in [-0.3, -0.25) is 4.79 Å². The summed E-state index contributed by atoms with van der Waals surface area (Å²) >= 11 is 0. The Balaban J connectivity index is 1.69. The van der Waals surface area contributed by atoms with Crippen molar-refractivity contribution in [1.82, 2.24) is 10.3 Å². The molecule has 0 fully saturated rings. The fourth-order valence-corrected chi connectivity index (χ4v) is 2.51. The van der Waals surface area contributed by atoms with Crippen molar-refractivity contribution in [3.8, 4) is 11.6 Å². The fourth-order valence-electron chi connectivity index (χ4n) is 2.51. The first-order valence-corrected chi connectivity index (χ1v) is 8.34. The number of rotatable bonds is 6. The number of benzene rings is 2. The fraction of sp³-hybridized carbons (Fsp3) is 0.143. The maximum absolute atomic E-state index is 13.8. The van der Waals surface area contributed by atoms with Gasteiger partial charge in [0.2, 0.25) is 11.8 Å². The molecular formula is C21H19FN2O2. The second kappa shape index (κ2) is 8.25. The van der Waals surface area contributed by atoms with Crippen LogP contribution in [0.15, 0.2) is 72.9 Å². The highest BCUT2D eigenvalue weighted by Crippen LogP contribution is 2.25. The molecule has 0 unspecified atom stereocenters. The summed E-state index contributed by atoms with van der Waals surface area (Å²) in [4.78, 5) is 16.6. The standard InChI is InChI=1S/C21H19FN2O2/c1-15(16-8-3-2-4-9-16)20(25)24-14-17-10-7-13-23-21(17)26-19-12-6-5-11-18(19)22/h2-13,15H,14H2,1H3,(H,24,25)/t15-/m1/s1. The van der Waals surface area contributed by atoms with Crippen LogP contribution in [0.4, 0.5) is 4.39 Å². The predicted molar refractivity (Wildman–Crippen MR) is 97.4 cm³/mol. The molecular weight excluding hydrogens is 331 g/mol. The lowest BCUT2D eigenvalue weighted by atomic mass is 10.0. The Labute approximate surface area is 151 Å². The Kier molecular flexibility index (Phi) is 5.59. The number of hydrogen-bond acceptors (Lipinski definition) is 3. The zero-order chi connectivity index (χ0) is 18.4. The molecule has 1 amide bonds. The largest absolute Gasteiger partial charge is 0.436 e. The third-order valence-electron chi connectivity index (χ3n) is 4.04. The van der Waals surface area contributed by atoms with Gasteiger partial charge in [0.05, 0.1) is 5.92 Å². The van der Waals surface area contributed by atoms with Crippen molar-refractivity contribution in [2.75, 3.05) is 0 Å². The lowest BCUT2D eigenvalue weighted by Crippen LogP contribution is -2.27. The highest BCUT2D eigenvalue weighted by Gasteiger charge is 2.16. The summed E-state index contributed by atoms with van der Waals surface area (Å²) in [6, 6.07) is 19.2. The Morgan fingerprint density at radius 3 is 2.58 bits per heavy atom. The molecule has 0 bridgehead atoms. The number of amides is 1. The highest BCUT2D eigenvalue weighted by atomic mass is 19.1. The molecule has 3 rings (SSSR count). The molecule has 0 radical (unpaired) electrons. The van der Waals surface area contributed by atoms with Gasteiger partial charge in [-0.2, -0.15) is 0 Å². The van der Waals surface area contributed by atoms with Crippen LogP contribution >= 0.6 is 0 Å². The van der Waals surface area contributed by atoms with Crippen molar-refractivity contribution < 1.29 is 13.9 Å². The molecule has 1 heterocycles. The van der Waals surface area contributed by atoms with Gasteiger partial charge < -0.3 is 10.1 Å². The smallest absolute Gasteiger partial charge is 0.227 e. The first-order valence-electron chi connectivity index (χ1n) is 8.34. The molecule has 0 aliphatic rings. The van der Waals surface area contributed by atoms with Gasteiger partial charge in [-0.1, -0.05) is 48.5 Å². The van der Waals surface area contributed by atoms with Crippen molar-refractivity contribution in [3.05, 3.63) is 89.9 Å². The number of carbonyl (C=O) groups is 1. The second-order valence-electron chi connectivity index (χ2n) is 5.85. The quantitative estimate of drug-likeness (QED) is 0.715. The van der Waals surface area contributed by atoms with Gasteiger partial charge in [-0.25, -0.2) is 9.37 Å². The van der Waals surface area contributed by atoms with Gasteiger partial charge in [-0.05, 0) is 30.7 Å². The number of nitrogens with zero attached hydrogens (tertiary/aromatic N) is 1. The van der Waals surface area contributed by atoms with Crippen LogP contribution in [-0.4, -0.2) is 10.9 Å². The number of hydrogen-bond donors (Lipinski definition) is 1. The van der Waals surface area contributed by atoms with Crippen molar-refractivity contribution in [1.29, 1.82) is 0 Å². The summed E-state index contributed by atoms with van der Waals surface area (Å²) < 4.78 is 19.4. The van der Waals surface area contributed by atoms with Crippen LogP contribution in [0.5, 0.6) is 11.6 Å². The Morgan fingerprint density at radius 1 is 1.08 bits per heavy atom. The third kappa shape index (κ3) is 4.25. The van der Waals surface area contributed by atoms with Crippen LogP contribution in [0.25, 0.3) is 0 Å². The van der Waals surface area contributed by atoms with Crippen LogP contribution in [-0.2, 0) is 11.3 Å². The minimum Gasteiger partial charge on any atom is -0.436 e. The van der Waals surface area contributed by atoms with Crippen LogP contribution < -0.4 is 10.1 Å². The van der Waals surface area contributed by atoms with Gasteiger partial charge in [0.25, 0.3) is 0 Å². The summed E-state index contributed by atoms with van der Waals surface area (Å²) in [6.07, 6.45) is 1.56. The van der Waals surface area contributed by atoms with Gasteiger partial charge in [0.1, 0.15) is 0 Å². The van der Waals surface area contributed by atoms with Crippen LogP contribution in [0.2, 0.25) is 0 Å². The van der Waals surface area contributed by atoms with E-state index in [-0.39, 0.29) is 30.0 Å². The van der Waals surface area contributed by atoms with Crippen molar-refractivity contribution in [2.45, 2.75) is 19.4 Å². The molecule has 0 saturated carbocycles. The lowest BCUT2D eigenvalue weighted by Gasteiger charge is -2.14. The van der Waals surface area contributed by atoms with E-state index in [9.17, 15) is 9.18 Å². The van der Waals surface area contributed by atoms with E-state index in [2.05, 4.69) is 10.3 Å². The maximum atomic E-state index is 13.8. The molecule has 1 N–H and O–H groups in total. The Morgan fingerprint density at radius 2 is 1.81 bits per heavy atom. The van der Waals surface area contributed by atoms with Gasteiger partial charge in [0, 0.05) is 18.3 Å². The van der Waals surface area contributed by atoms with Crippen molar-refractivity contribution in [2.24, 2.45) is 0 Å². The number of carbonyl (C=O) groups excluding carboxylic acids is 1. The van der Waals surface area contributed by atoms with Gasteiger partial charge in [0.15, 0.2) is 11.6 Å². The minimum atomic E-state index is -0.467. The average molecular weight is 350 g/mol. The van der Waals surface area contributed by atoms with E-state index in [4.69, 9.17) is 4.74 Å². The number of ether oxygens (including phenoxy) is 1. The van der Waals surface area contributed by atoms with E-state index < -0.39 is 5.82 Å². The van der Waals surface area contributed by atoms with Crippen molar-refractivity contribution in [3.63, 3.8) is 0 Å². The van der Waals surface area contributed by atoms with E-state index in [0.717, 1.165) is 5.56 Å². The van der Waals surface area contributed by atoms with Crippen LogP contribution in [0.1, 0.15) is 24.0 Å². The summed E-state index contributed by atoms with van der Waals surface area (Å²) in [5, 5.41) is 2.89. The molecule has 5 heteroatoms. The summed E-state index contributed by atoms with van der Waals surface area (Å²) in [5.41, 5.74) is 1.61. The zero-order valence-electron chi connectivity index (χ0n) is 14.4. The summed E-state index contributed by atoms with van der Waals surface area (Å²) in [5.74, 6) is -0.478. The SMILES string of the molecule is C[C@@H](C(=O)NCc1cccnc1Oc1ccccc1F)c1ccccc1. The Hall–Kier alpha value is -3.21. The van der Waals surface area contributed by atoms with E-state index in [1.54, 1.807) is 30.5 Å². The number of aromatic nitrogens is 1. The lowest BCUT2D eigenvalue weighted by molar-refractivity contribution is -0.122. The molecule has 132 valence electrons. The number of nitrogens with one attached hydrogen (secondary N) is 1. The first-order chi connectivity index (χ1) is 12.6. The van der Waals surface area contributed by atoms with Crippen LogP contribution in [0, 0.1) is 5.82 Å². The molecule has 26 heavy (non-hydrogen) atoms. The molecule has 0 saturated heterocycles. The highest BCUT2D eigenvalue weighted by molar-refractivity contribution is 5.83. The molecule has 1 atom stereocenters. The molecule has 3 aromatic rings. The number of para-hydroxylation sites is 1. The third-order valence-corrected chi connectivity index (χ3v) is 4.04. The normalized spacial score (nSPS) is 11.6. The van der Waals surface area contributed by atoms with Crippen LogP contribution in [0.3, 0.4) is 0 Å². The monoisotopic (exact) mass is 350 g/mol. The first kappa shape index (κ1) is 17.6. The summed E-state index contributed by atoms with van der Waals surface area (Å²) in [7, 11) is 0. The van der Waals surface area contributed by atoms with E-state index in [1.807, 2.05) is 37.3 Å². The second-order valence-corrected chi connectivity index (χ2v) is 5.85. The van der Waals surface area contributed by atoms with Crippen molar-refractivity contribution >= 4 is 5.91 Å². The topological polar surface area (TPSA) is 51.2 Å². The van der Waals surface area contributed by atoms with E-state index in [1.165, 1.54) is 12.1 Å². The molecule has 1 aromatic heterocycles. The number of pyridine rings is 1. The molecule has 0 aliphatic carbocycles. The molecule has 4 nitrogen and oxygen atoms in total. The molecule has 0 spiro atoms. The van der Waals surface area contributed by atoms with Gasteiger partial charge in [-0.15, -0.1) is 0 Å². The maximum Gasteiger partial charge on any atom is 0.227 e. The zero-order valence-corrected chi connectivity index (χ0v) is 14.4. The molecule has 2 aromatic carbocycles. The minimum absolute atomic E-state index is 0.0939. The van der Waals surface area contributed by atoms with E-state index in [0.29, 0.717) is 5.56 Å². The summed E-state index contributed by atoms with van der Waals surface area (Å²) in [6.45, 7) is 2.10. The average Bonchev–Trinajstić information content (AvgIpc) is 2.69. The van der Waals surface area contributed by atoms with Gasteiger partial charge >= 0.3 is 0 Å².